The van der Waals surface area contributed by atoms with Gasteiger partial charge in [-0.25, -0.2) is 4.39 Å². The zero-order valence-corrected chi connectivity index (χ0v) is 16.0. The molecule has 1 heterocycles. The van der Waals surface area contributed by atoms with Gasteiger partial charge in [-0.15, -0.1) is 35.3 Å². The van der Waals surface area contributed by atoms with E-state index in [9.17, 15) is 9.18 Å². The molecular weight excluding hydrogens is 379 g/mol. The van der Waals surface area contributed by atoms with Gasteiger partial charge in [0.25, 0.3) is 0 Å². The molecule has 0 spiro atoms. The fraction of sp³-hybridized carbons (Fsp3) is 0.278. The van der Waals surface area contributed by atoms with E-state index in [1.807, 2.05) is 35.7 Å². The van der Waals surface area contributed by atoms with Crippen LogP contribution < -0.4 is 9.47 Å². The first kappa shape index (κ1) is 18.5. The predicted molar refractivity (Wildman–Crippen MR) is 103 cm³/mol. The minimum absolute atomic E-state index is 0.144. The molecule has 7 heteroatoms. The normalized spacial score (nSPS) is 14.5. The lowest BCUT2D eigenvalue weighted by Gasteiger charge is -2.13. The summed E-state index contributed by atoms with van der Waals surface area (Å²) in [6.07, 6.45) is 0. The second-order valence-electron chi connectivity index (χ2n) is 5.20. The van der Waals surface area contributed by atoms with Crippen LogP contribution in [0, 0.1) is 5.82 Å². The molecule has 0 radical (unpaired) electrons. The van der Waals surface area contributed by atoms with Gasteiger partial charge >= 0.3 is 5.97 Å². The molecule has 0 N–H and O–H groups in total. The van der Waals surface area contributed by atoms with Crippen molar-refractivity contribution in [1.29, 1.82) is 0 Å². The monoisotopic (exact) mass is 396 g/mol. The molecule has 0 aromatic heterocycles. The Balaban J connectivity index is 1.60. The highest BCUT2D eigenvalue weighted by Crippen LogP contribution is 2.46. The summed E-state index contributed by atoms with van der Waals surface area (Å²) in [6, 6.07) is 11.7. The zero-order chi connectivity index (χ0) is 17.6. The topological polar surface area (TPSA) is 35.5 Å². The van der Waals surface area contributed by atoms with Gasteiger partial charge in [0.15, 0.2) is 11.5 Å². The van der Waals surface area contributed by atoms with Crippen LogP contribution in [-0.4, -0.2) is 30.3 Å². The van der Waals surface area contributed by atoms with E-state index in [2.05, 4.69) is 0 Å². The maximum Gasteiger partial charge on any atom is 0.321 e. The van der Waals surface area contributed by atoms with Crippen molar-refractivity contribution in [3.63, 3.8) is 0 Å². The average Bonchev–Trinajstić information content (AvgIpc) is 3.16. The highest BCUT2D eigenvalue weighted by Gasteiger charge is 2.20. The van der Waals surface area contributed by atoms with Gasteiger partial charge in [0.05, 0.1) is 17.4 Å². The van der Waals surface area contributed by atoms with Gasteiger partial charge in [-0.05, 0) is 42.0 Å². The first-order valence-electron chi connectivity index (χ1n) is 7.66. The summed E-state index contributed by atoms with van der Waals surface area (Å²) in [5.74, 6) is 2.75. The van der Waals surface area contributed by atoms with Gasteiger partial charge in [-0.2, -0.15) is 0 Å². The fourth-order valence-electron chi connectivity index (χ4n) is 2.29. The van der Waals surface area contributed by atoms with Crippen LogP contribution in [0.25, 0.3) is 0 Å². The number of rotatable bonds is 6. The van der Waals surface area contributed by atoms with Gasteiger partial charge in [0.1, 0.15) is 5.82 Å². The molecule has 1 saturated heterocycles. The lowest BCUT2D eigenvalue weighted by molar-refractivity contribution is -0.131. The maximum atomic E-state index is 12.9. The number of methoxy groups -OCH3 is 1. The van der Waals surface area contributed by atoms with Gasteiger partial charge in [0, 0.05) is 16.4 Å². The highest BCUT2D eigenvalue weighted by atomic mass is 32.2. The molecule has 0 atom stereocenters. The van der Waals surface area contributed by atoms with Crippen LogP contribution >= 0.6 is 35.3 Å². The molecule has 1 fully saturated rings. The minimum Gasteiger partial charge on any atom is -0.493 e. The number of carbonyl (C=O) groups excluding carboxylic acids is 1. The van der Waals surface area contributed by atoms with E-state index in [1.165, 1.54) is 29.5 Å². The summed E-state index contributed by atoms with van der Waals surface area (Å²) in [4.78, 5) is 12.9. The third kappa shape index (κ3) is 5.09. The van der Waals surface area contributed by atoms with Crippen LogP contribution in [0.3, 0.4) is 0 Å². The van der Waals surface area contributed by atoms with Crippen LogP contribution in [-0.2, 0) is 4.79 Å². The number of benzene rings is 2. The van der Waals surface area contributed by atoms with Crippen molar-refractivity contribution >= 4 is 41.3 Å². The molecule has 0 saturated carbocycles. The molecular formula is C18H17FO3S3. The van der Waals surface area contributed by atoms with Crippen molar-refractivity contribution in [2.45, 2.75) is 9.48 Å². The van der Waals surface area contributed by atoms with Gasteiger partial charge in [-0.3, -0.25) is 4.79 Å². The number of hydrogen-bond donors (Lipinski definition) is 0. The Kier molecular flexibility index (Phi) is 6.56. The van der Waals surface area contributed by atoms with E-state index in [0.29, 0.717) is 16.1 Å². The van der Waals surface area contributed by atoms with Gasteiger partial charge in [-0.1, -0.05) is 6.07 Å². The molecule has 3 nitrogen and oxygen atoms in total. The summed E-state index contributed by atoms with van der Waals surface area (Å²) in [7, 11) is 1.57. The van der Waals surface area contributed by atoms with Crippen LogP contribution in [0.4, 0.5) is 4.39 Å². The van der Waals surface area contributed by atoms with Gasteiger partial charge in [0.2, 0.25) is 0 Å². The van der Waals surface area contributed by atoms with Crippen LogP contribution in [0.2, 0.25) is 0 Å². The molecule has 0 amide bonds. The fourth-order valence-corrected chi connectivity index (χ4v) is 5.80. The van der Waals surface area contributed by atoms with Crippen molar-refractivity contribution in [3.05, 3.63) is 53.8 Å². The lowest BCUT2D eigenvalue weighted by atomic mass is 10.2. The van der Waals surface area contributed by atoms with Crippen molar-refractivity contribution in [3.8, 4) is 11.5 Å². The molecule has 0 unspecified atom stereocenters. The molecule has 2 aromatic rings. The smallest absolute Gasteiger partial charge is 0.321 e. The molecule has 3 rings (SSSR count). The summed E-state index contributed by atoms with van der Waals surface area (Å²) in [5.41, 5.74) is 1.17. The molecule has 132 valence electrons. The predicted octanol–water partition coefficient (Wildman–Crippen LogP) is 5.01. The third-order valence-electron chi connectivity index (χ3n) is 3.48. The Morgan fingerprint density at radius 1 is 1.16 bits per heavy atom. The lowest BCUT2D eigenvalue weighted by Crippen LogP contribution is -2.11. The van der Waals surface area contributed by atoms with E-state index in [-0.39, 0.29) is 17.5 Å². The molecule has 1 aliphatic rings. The van der Waals surface area contributed by atoms with Crippen molar-refractivity contribution in [2.75, 3.05) is 24.4 Å². The Morgan fingerprint density at radius 3 is 2.56 bits per heavy atom. The molecule has 1 aliphatic heterocycles. The molecule has 0 bridgehead atoms. The molecule has 25 heavy (non-hydrogen) atoms. The van der Waals surface area contributed by atoms with E-state index < -0.39 is 0 Å². The Labute approximate surface area is 159 Å². The molecule has 2 aromatic carbocycles. The highest BCUT2D eigenvalue weighted by molar-refractivity contribution is 8.19. The van der Waals surface area contributed by atoms with Crippen LogP contribution in [0.1, 0.15) is 10.1 Å². The number of esters is 1. The minimum atomic E-state index is -0.370. The van der Waals surface area contributed by atoms with E-state index in [1.54, 1.807) is 25.3 Å². The quantitative estimate of drug-likeness (QED) is 0.388. The third-order valence-corrected chi connectivity index (χ3v) is 7.57. The van der Waals surface area contributed by atoms with Crippen molar-refractivity contribution < 1.29 is 18.7 Å². The summed E-state index contributed by atoms with van der Waals surface area (Å²) in [6.45, 7) is 0. The Morgan fingerprint density at radius 2 is 1.88 bits per heavy atom. The van der Waals surface area contributed by atoms with E-state index in [4.69, 9.17) is 9.47 Å². The van der Waals surface area contributed by atoms with Gasteiger partial charge < -0.3 is 9.47 Å². The number of hydrogen-bond acceptors (Lipinski definition) is 6. The number of thioether (sulfide) groups is 3. The Bertz CT molecular complexity index is 731. The first-order chi connectivity index (χ1) is 12.2. The SMILES string of the molecule is COc1cc(C2SCCS2)ccc1OC(=O)CSc1ccc(F)cc1. The van der Waals surface area contributed by atoms with Crippen LogP contribution in [0.15, 0.2) is 47.4 Å². The summed E-state index contributed by atoms with van der Waals surface area (Å²) < 4.78 is 24.1. The van der Waals surface area contributed by atoms with E-state index >= 15 is 0 Å². The van der Waals surface area contributed by atoms with Crippen molar-refractivity contribution in [1.82, 2.24) is 0 Å². The second kappa shape index (κ2) is 8.87. The van der Waals surface area contributed by atoms with Crippen molar-refractivity contribution in [2.24, 2.45) is 0 Å². The summed E-state index contributed by atoms with van der Waals surface area (Å²) in [5, 5.41) is 0. The van der Waals surface area contributed by atoms with Crippen LogP contribution in [0.5, 0.6) is 11.5 Å². The summed E-state index contributed by atoms with van der Waals surface area (Å²) >= 11 is 5.13. The zero-order valence-electron chi connectivity index (χ0n) is 13.6. The first-order valence-corrected chi connectivity index (χ1v) is 10.7. The maximum absolute atomic E-state index is 12.9. The number of ether oxygens (including phenoxy) is 2. The second-order valence-corrected chi connectivity index (χ2v) is 8.97. The standard InChI is InChI=1S/C18H17FO3S3/c1-21-16-10-12(18-23-8-9-24-18)2-7-15(16)22-17(20)11-25-14-5-3-13(19)4-6-14/h2-7,10,18H,8-9,11H2,1H3. The van der Waals surface area contributed by atoms with E-state index in [0.717, 1.165) is 16.4 Å². The number of halogens is 1. The Hall–Kier alpha value is -1.31. The average molecular weight is 397 g/mol. The molecule has 0 aliphatic carbocycles. The number of carbonyl (C=O) groups is 1. The largest absolute Gasteiger partial charge is 0.493 e.